The minimum Gasteiger partial charge on any atom is -0.379 e. The summed E-state index contributed by atoms with van der Waals surface area (Å²) in [5, 5.41) is 3.26. The Balaban J connectivity index is 1.33. The van der Waals surface area contributed by atoms with Crippen molar-refractivity contribution in [2.45, 2.75) is 38.3 Å². The molecule has 4 heteroatoms. The van der Waals surface area contributed by atoms with Gasteiger partial charge in [0.25, 0.3) is 5.91 Å². The van der Waals surface area contributed by atoms with E-state index >= 15 is 0 Å². The first kappa shape index (κ1) is 15.2. The van der Waals surface area contributed by atoms with Gasteiger partial charge in [-0.2, -0.15) is 0 Å². The molecule has 1 N–H and O–H groups in total. The SMILES string of the molecule is O=C(N[C@H]1C[C@@H]2CC[C@H]1C2)c1ccc(CN2CCOCC2)cc1. The Kier molecular flexibility index (Phi) is 4.36. The topological polar surface area (TPSA) is 41.6 Å². The summed E-state index contributed by atoms with van der Waals surface area (Å²) in [5.41, 5.74) is 2.06. The molecular formula is C19H26N2O2. The minimum atomic E-state index is 0.0977. The number of morpholine rings is 1. The molecule has 0 spiro atoms. The molecule has 2 aliphatic carbocycles. The van der Waals surface area contributed by atoms with E-state index in [4.69, 9.17) is 4.74 Å². The van der Waals surface area contributed by atoms with E-state index in [-0.39, 0.29) is 5.91 Å². The van der Waals surface area contributed by atoms with Crippen LogP contribution in [-0.4, -0.2) is 43.2 Å². The van der Waals surface area contributed by atoms with Crippen molar-refractivity contribution in [3.63, 3.8) is 0 Å². The van der Waals surface area contributed by atoms with Gasteiger partial charge >= 0.3 is 0 Å². The summed E-state index contributed by atoms with van der Waals surface area (Å²) < 4.78 is 5.38. The fourth-order valence-electron chi connectivity index (χ4n) is 4.45. The second-order valence-corrected chi connectivity index (χ2v) is 7.34. The number of hydrogen-bond acceptors (Lipinski definition) is 3. The van der Waals surface area contributed by atoms with Crippen molar-refractivity contribution in [2.24, 2.45) is 11.8 Å². The van der Waals surface area contributed by atoms with E-state index in [0.29, 0.717) is 6.04 Å². The molecule has 0 aromatic heterocycles. The molecule has 2 saturated carbocycles. The first-order valence-electron chi connectivity index (χ1n) is 8.98. The molecule has 1 aromatic rings. The zero-order valence-corrected chi connectivity index (χ0v) is 13.7. The lowest BCUT2D eigenvalue weighted by atomic mass is 9.95. The fourth-order valence-corrected chi connectivity index (χ4v) is 4.45. The number of carbonyl (C=O) groups excluding carboxylic acids is 1. The van der Waals surface area contributed by atoms with Crippen molar-refractivity contribution < 1.29 is 9.53 Å². The summed E-state index contributed by atoms with van der Waals surface area (Å²) in [5.74, 6) is 1.69. The van der Waals surface area contributed by atoms with E-state index in [9.17, 15) is 4.79 Å². The second kappa shape index (κ2) is 6.62. The van der Waals surface area contributed by atoms with Gasteiger partial charge in [-0.15, -0.1) is 0 Å². The second-order valence-electron chi connectivity index (χ2n) is 7.34. The molecule has 1 aliphatic heterocycles. The molecule has 3 aliphatic rings. The molecule has 1 heterocycles. The van der Waals surface area contributed by atoms with Gasteiger partial charge in [-0.1, -0.05) is 18.6 Å². The van der Waals surface area contributed by atoms with Crippen LogP contribution in [0.5, 0.6) is 0 Å². The van der Waals surface area contributed by atoms with Gasteiger partial charge < -0.3 is 10.1 Å². The lowest BCUT2D eigenvalue weighted by Gasteiger charge is -2.26. The third-order valence-electron chi connectivity index (χ3n) is 5.78. The van der Waals surface area contributed by atoms with Crippen LogP contribution in [0.15, 0.2) is 24.3 Å². The maximum atomic E-state index is 12.4. The van der Waals surface area contributed by atoms with Crippen LogP contribution in [0.1, 0.15) is 41.6 Å². The number of fused-ring (bicyclic) bond motifs is 2. The zero-order chi connectivity index (χ0) is 15.6. The maximum absolute atomic E-state index is 12.4. The number of nitrogens with one attached hydrogen (secondary N) is 1. The Morgan fingerprint density at radius 3 is 2.57 bits per heavy atom. The Bertz CT molecular complexity index is 551. The number of amides is 1. The molecule has 3 fully saturated rings. The smallest absolute Gasteiger partial charge is 0.251 e. The van der Waals surface area contributed by atoms with Crippen LogP contribution in [0.2, 0.25) is 0 Å². The Morgan fingerprint density at radius 2 is 1.91 bits per heavy atom. The van der Waals surface area contributed by atoms with E-state index in [1.54, 1.807) is 0 Å². The van der Waals surface area contributed by atoms with Crippen LogP contribution in [0.4, 0.5) is 0 Å². The van der Waals surface area contributed by atoms with Crippen LogP contribution in [-0.2, 0) is 11.3 Å². The Labute approximate surface area is 138 Å². The summed E-state index contributed by atoms with van der Waals surface area (Å²) in [6.45, 7) is 4.57. The number of carbonyl (C=O) groups is 1. The van der Waals surface area contributed by atoms with Gasteiger partial charge in [-0.05, 0) is 48.8 Å². The quantitative estimate of drug-likeness (QED) is 0.928. The fraction of sp³-hybridized carbons (Fsp3) is 0.632. The summed E-state index contributed by atoms with van der Waals surface area (Å²) in [7, 11) is 0. The molecule has 124 valence electrons. The summed E-state index contributed by atoms with van der Waals surface area (Å²) in [6.07, 6.45) is 5.18. The van der Waals surface area contributed by atoms with E-state index < -0.39 is 0 Å². The van der Waals surface area contributed by atoms with Crippen LogP contribution in [0.25, 0.3) is 0 Å². The Hall–Kier alpha value is -1.39. The number of rotatable bonds is 4. The third-order valence-corrected chi connectivity index (χ3v) is 5.78. The van der Waals surface area contributed by atoms with E-state index in [1.165, 1.54) is 31.2 Å². The predicted octanol–water partition coefficient (Wildman–Crippen LogP) is 2.44. The van der Waals surface area contributed by atoms with Gasteiger partial charge in [-0.25, -0.2) is 0 Å². The van der Waals surface area contributed by atoms with Crippen molar-refractivity contribution >= 4 is 5.91 Å². The highest BCUT2D eigenvalue weighted by molar-refractivity contribution is 5.94. The summed E-state index contributed by atoms with van der Waals surface area (Å²) >= 11 is 0. The van der Waals surface area contributed by atoms with Gasteiger partial charge in [0.2, 0.25) is 0 Å². The molecular weight excluding hydrogens is 288 g/mol. The first-order chi connectivity index (χ1) is 11.3. The summed E-state index contributed by atoms with van der Waals surface area (Å²) in [6, 6.07) is 8.53. The van der Waals surface area contributed by atoms with Gasteiger partial charge in [0.05, 0.1) is 13.2 Å². The van der Waals surface area contributed by atoms with Crippen molar-refractivity contribution in [3.8, 4) is 0 Å². The van der Waals surface area contributed by atoms with Crippen molar-refractivity contribution in [1.82, 2.24) is 10.2 Å². The Morgan fingerprint density at radius 1 is 1.13 bits per heavy atom. The highest BCUT2D eigenvalue weighted by Crippen LogP contribution is 2.44. The molecule has 4 nitrogen and oxygen atoms in total. The molecule has 2 bridgehead atoms. The van der Waals surface area contributed by atoms with E-state index in [2.05, 4.69) is 22.3 Å². The predicted molar refractivity (Wildman–Crippen MR) is 89.2 cm³/mol. The lowest BCUT2D eigenvalue weighted by Crippen LogP contribution is -2.38. The molecule has 4 rings (SSSR count). The maximum Gasteiger partial charge on any atom is 0.251 e. The largest absolute Gasteiger partial charge is 0.379 e. The number of benzene rings is 1. The highest BCUT2D eigenvalue weighted by atomic mass is 16.5. The lowest BCUT2D eigenvalue weighted by molar-refractivity contribution is 0.0342. The van der Waals surface area contributed by atoms with Crippen LogP contribution < -0.4 is 5.32 Å². The van der Waals surface area contributed by atoms with Crippen LogP contribution >= 0.6 is 0 Å². The van der Waals surface area contributed by atoms with E-state index in [0.717, 1.165) is 50.2 Å². The third kappa shape index (κ3) is 3.43. The van der Waals surface area contributed by atoms with E-state index in [1.807, 2.05) is 12.1 Å². The minimum absolute atomic E-state index is 0.0977. The normalized spacial score (nSPS) is 30.5. The van der Waals surface area contributed by atoms with Crippen LogP contribution in [0, 0.1) is 11.8 Å². The molecule has 0 radical (unpaired) electrons. The monoisotopic (exact) mass is 314 g/mol. The average molecular weight is 314 g/mol. The van der Waals surface area contributed by atoms with Gasteiger partial charge in [-0.3, -0.25) is 9.69 Å². The van der Waals surface area contributed by atoms with Gasteiger partial charge in [0.1, 0.15) is 0 Å². The molecule has 23 heavy (non-hydrogen) atoms. The van der Waals surface area contributed by atoms with Gasteiger partial charge in [0.15, 0.2) is 0 Å². The molecule has 1 amide bonds. The molecule has 3 atom stereocenters. The van der Waals surface area contributed by atoms with Crippen molar-refractivity contribution in [1.29, 1.82) is 0 Å². The van der Waals surface area contributed by atoms with Crippen molar-refractivity contribution in [2.75, 3.05) is 26.3 Å². The standard InChI is InChI=1S/C19H26N2O2/c22-19(20-18-12-15-3-6-17(18)11-15)16-4-1-14(2-5-16)13-21-7-9-23-10-8-21/h1-2,4-5,15,17-18H,3,6-13H2,(H,20,22)/t15-,17+,18+/m1/s1. The van der Waals surface area contributed by atoms with Crippen LogP contribution in [0.3, 0.4) is 0 Å². The first-order valence-corrected chi connectivity index (χ1v) is 8.98. The molecule has 1 aromatic carbocycles. The summed E-state index contributed by atoms with van der Waals surface area (Å²) in [4.78, 5) is 14.8. The number of nitrogens with zero attached hydrogens (tertiary/aromatic N) is 1. The average Bonchev–Trinajstić information content (AvgIpc) is 3.19. The zero-order valence-electron chi connectivity index (χ0n) is 13.7. The number of hydrogen-bond donors (Lipinski definition) is 1. The number of ether oxygens (including phenoxy) is 1. The van der Waals surface area contributed by atoms with Crippen molar-refractivity contribution in [3.05, 3.63) is 35.4 Å². The molecule has 0 unspecified atom stereocenters. The van der Waals surface area contributed by atoms with Gasteiger partial charge in [0, 0.05) is 31.2 Å². The highest BCUT2D eigenvalue weighted by Gasteiger charge is 2.40. The molecule has 1 saturated heterocycles.